The number of aromatic nitrogens is 2. The van der Waals surface area contributed by atoms with Crippen molar-refractivity contribution < 1.29 is 8.42 Å². The second-order valence-electron chi connectivity index (χ2n) is 5.94. The van der Waals surface area contributed by atoms with E-state index in [-0.39, 0.29) is 4.90 Å². The summed E-state index contributed by atoms with van der Waals surface area (Å²) in [6.45, 7) is 4.47. The Kier molecular flexibility index (Phi) is 4.64. The van der Waals surface area contributed by atoms with Crippen LogP contribution in [0.2, 0.25) is 0 Å². The van der Waals surface area contributed by atoms with Gasteiger partial charge in [-0.1, -0.05) is 42.0 Å². The predicted molar refractivity (Wildman–Crippen MR) is 99.6 cm³/mol. The van der Waals surface area contributed by atoms with Crippen molar-refractivity contribution in [2.75, 3.05) is 0 Å². The van der Waals surface area contributed by atoms with Crippen LogP contribution in [-0.2, 0) is 16.6 Å². The third-order valence-corrected chi connectivity index (χ3v) is 5.08. The van der Waals surface area contributed by atoms with E-state index in [0.29, 0.717) is 17.9 Å². The SMILES string of the molecule is CCn1nc(-c2ccc(S(N)(=O)=O)cc2)c(-c2ccc(C)cc2)c1C#N. The van der Waals surface area contributed by atoms with Gasteiger partial charge in [-0.25, -0.2) is 13.6 Å². The van der Waals surface area contributed by atoms with Gasteiger partial charge in [0.1, 0.15) is 17.5 Å². The molecule has 7 heteroatoms. The molecule has 1 heterocycles. The monoisotopic (exact) mass is 366 g/mol. The van der Waals surface area contributed by atoms with E-state index >= 15 is 0 Å². The number of rotatable bonds is 4. The average molecular weight is 366 g/mol. The summed E-state index contributed by atoms with van der Waals surface area (Å²) in [5, 5.41) is 19.4. The lowest BCUT2D eigenvalue weighted by molar-refractivity contribution is 0.598. The molecule has 2 N–H and O–H groups in total. The van der Waals surface area contributed by atoms with Crippen molar-refractivity contribution in [2.45, 2.75) is 25.3 Å². The van der Waals surface area contributed by atoms with Crippen LogP contribution in [-0.4, -0.2) is 18.2 Å². The third kappa shape index (κ3) is 3.25. The lowest BCUT2D eigenvalue weighted by Crippen LogP contribution is -2.11. The maximum absolute atomic E-state index is 11.5. The summed E-state index contributed by atoms with van der Waals surface area (Å²) in [5.41, 5.74) is 4.57. The molecule has 0 aliphatic heterocycles. The Morgan fingerprint density at radius 2 is 1.65 bits per heavy atom. The van der Waals surface area contributed by atoms with Gasteiger partial charge in [-0.15, -0.1) is 0 Å². The number of aryl methyl sites for hydroxylation is 2. The number of hydrogen-bond donors (Lipinski definition) is 1. The Hall–Kier alpha value is -2.95. The van der Waals surface area contributed by atoms with Gasteiger partial charge in [-0.2, -0.15) is 10.4 Å². The predicted octanol–water partition coefficient (Wildman–Crippen LogP) is 3.06. The van der Waals surface area contributed by atoms with Crippen LogP contribution < -0.4 is 5.14 Å². The molecule has 0 bridgehead atoms. The number of primary sulfonamides is 1. The summed E-state index contributed by atoms with van der Waals surface area (Å²) < 4.78 is 24.6. The molecule has 0 atom stereocenters. The van der Waals surface area contributed by atoms with E-state index in [1.807, 2.05) is 38.1 Å². The molecule has 0 fully saturated rings. The van der Waals surface area contributed by atoms with Crippen LogP contribution in [0.25, 0.3) is 22.4 Å². The summed E-state index contributed by atoms with van der Waals surface area (Å²) in [4.78, 5) is 0.0357. The zero-order valence-corrected chi connectivity index (χ0v) is 15.3. The van der Waals surface area contributed by atoms with Crippen LogP contribution in [0.5, 0.6) is 0 Å². The Morgan fingerprint density at radius 1 is 1.08 bits per heavy atom. The van der Waals surface area contributed by atoms with Crippen molar-refractivity contribution in [1.82, 2.24) is 9.78 Å². The van der Waals surface area contributed by atoms with Crippen LogP contribution in [0, 0.1) is 18.3 Å². The number of nitrogens with two attached hydrogens (primary N) is 1. The molecule has 0 unspecified atom stereocenters. The maximum Gasteiger partial charge on any atom is 0.238 e. The van der Waals surface area contributed by atoms with Crippen molar-refractivity contribution in [3.8, 4) is 28.5 Å². The highest BCUT2D eigenvalue weighted by Crippen LogP contribution is 2.34. The number of nitrogens with zero attached hydrogens (tertiary/aromatic N) is 3. The first kappa shape index (κ1) is 17.9. The van der Waals surface area contributed by atoms with Gasteiger partial charge in [0.25, 0.3) is 0 Å². The highest BCUT2D eigenvalue weighted by molar-refractivity contribution is 7.89. The number of hydrogen-bond acceptors (Lipinski definition) is 4. The van der Waals surface area contributed by atoms with Crippen LogP contribution in [0.1, 0.15) is 18.2 Å². The smallest absolute Gasteiger partial charge is 0.238 e. The normalized spacial score (nSPS) is 11.3. The average Bonchev–Trinajstić information content (AvgIpc) is 3.00. The lowest BCUT2D eigenvalue weighted by Gasteiger charge is -2.05. The quantitative estimate of drug-likeness (QED) is 0.766. The van der Waals surface area contributed by atoms with E-state index in [9.17, 15) is 13.7 Å². The van der Waals surface area contributed by atoms with Crippen LogP contribution in [0.4, 0.5) is 0 Å². The molecule has 0 saturated heterocycles. The first-order chi connectivity index (χ1) is 12.3. The van der Waals surface area contributed by atoms with Gasteiger partial charge in [-0.05, 0) is 31.5 Å². The summed E-state index contributed by atoms with van der Waals surface area (Å²) in [7, 11) is -3.76. The largest absolute Gasteiger partial charge is 0.254 e. The number of benzene rings is 2. The van der Waals surface area contributed by atoms with Crippen molar-refractivity contribution in [2.24, 2.45) is 5.14 Å². The summed E-state index contributed by atoms with van der Waals surface area (Å²) in [6, 6.07) is 16.3. The van der Waals surface area contributed by atoms with Crippen LogP contribution in [0.3, 0.4) is 0 Å². The van der Waals surface area contributed by atoms with Gasteiger partial charge in [0.2, 0.25) is 10.0 Å². The first-order valence-electron chi connectivity index (χ1n) is 8.06. The van der Waals surface area contributed by atoms with Gasteiger partial charge < -0.3 is 0 Å². The van der Waals surface area contributed by atoms with E-state index in [0.717, 1.165) is 22.3 Å². The second-order valence-corrected chi connectivity index (χ2v) is 7.50. The molecular weight excluding hydrogens is 348 g/mol. The van der Waals surface area contributed by atoms with Gasteiger partial charge in [-0.3, -0.25) is 4.68 Å². The Labute approximate surface area is 152 Å². The van der Waals surface area contributed by atoms with Crippen molar-refractivity contribution in [3.05, 3.63) is 59.8 Å². The Morgan fingerprint density at radius 3 is 2.15 bits per heavy atom. The van der Waals surface area contributed by atoms with Crippen molar-refractivity contribution in [1.29, 1.82) is 5.26 Å². The molecule has 0 radical (unpaired) electrons. The highest BCUT2D eigenvalue weighted by atomic mass is 32.2. The van der Waals surface area contributed by atoms with Gasteiger partial charge >= 0.3 is 0 Å². The maximum atomic E-state index is 11.5. The zero-order valence-electron chi connectivity index (χ0n) is 14.5. The van der Waals surface area contributed by atoms with Gasteiger partial charge in [0.05, 0.1) is 4.90 Å². The second kappa shape index (κ2) is 6.75. The molecule has 2 aromatic carbocycles. The molecule has 0 aliphatic rings. The Bertz CT molecular complexity index is 1090. The van der Waals surface area contributed by atoms with E-state index in [1.165, 1.54) is 12.1 Å². The first-order valence-corrected chi connectivity index (χ1v) is 9.61. The molecule has 3 rings (SSSR count). The van der Waals surface area contributed by atoms with Gasteiger partial charge in [0, 0.05) is 17.7 Å². The number of sulfonamides is 1. The summed E-state index contributed by atoms with van der Waals surface area (Å²) in [6.07, 6.45) is 0. The minimum atomic E-state index is -3.76. The zero-order chi connectivity index (χ0) is 18.9. The molecule has 6 nitrogen and oxygen atoms in total. The fraction of sp³-hybridized carbons (Fsp3) is 0.158. The highest BCUT2D eigenvalue weighted by Gasteiger charge is 2.20. The topological polar surface area (TPSA) is 102 Å². The third-order valence-electron chi connectivity index (χ3n) is 4.15. The van der Waals surface area contributed by atoms with E-state index in [2.05, 4.69) is 11.2 Å². The molecule has 3 aromatic rings. The fourth-order valence-corrected chi connectivity index (χ4v) is 3.32. The minimum absolute atomic E-state index is 0.0357. The van der Waals surface area contributed by atoms with Gasteiger partial charge in [0.15, 0.2) is 0 Å². The van der Waals surface area contributed by atoms with Crippen LogP contribution >= 0.6 is 0 Å². The standard InChI is InChI=1S/C19H18N4O2S/c1-3-23-17(12-20)18(14-6-4-13(2)5-7-14)19(22-23)15-8-10-16(11-9-15)26(21,24)25/h4-11H,3H2,1-2H3,(H2,21,24,25). The molecule has 132 valence electrons. The molecule has 26 heavy (non-hydrogen) atoms. The van der Waals surface area contributed by atoms with E-state index in [1.54, 1.807) is 16.8 Å². The van der Waals surface area contributed by atoms with E-state index < -0.39 is 10.0 Å². The molecule has 0 saturated carbocycles. The summed E-state index contributed by atoms with van der Waals surface area (Å²) in [5.74, 6) is 0. The van der Waals surface area contributed by atoms with Crippen molar-refractivity contribution >= 4 is 10.0 Å². The summed E-state index contributed by atoms with van der Waals surface area (Å²) >= 11 is 0. The molecule has 0 spiro atoms. The minimum Gasteiger partial charge on any atom is -0.254 e. The molecule has 0 aliphatic carbocycles. The molecule has 0 amide bonds. The van der Waals surface area contributed by atoms with E-state index in [4.69, 9.17) is 5.14 Å². The van der Waals surface area contributed by atoms with Crippen molar-refractivity contribution in [3.63, 3.8) is 0 Å². The fourth-order valence-electron chi connectivity index (χ4n) is 2.80. The molecular formula is C19H18N4O2S. The molecule has 1 aromatic heterocycles. The Balaban J connectivity index is 2.23. The van der Waals surface area contributed by atoms with Crippen LogP contribution in [0.15, 0.2) is 53.4 Å². The number of nitriles is 1. The lowest BCUT2D eigenvalue weighted by atomic mass is 9.98.